The third kappa shape index (κ3) is 3.72. The molecular weight excluding hydrogens is 271 g/mol. The fraction of sp³-hybridized carbons (Fsp3) is 0.188. The van der Waals surface area contributed by atoms with E-state index in [-0.39, 0.29) is 18.3 Å². The molecule has 21 heavy (non-hydrogen) atoms. The summed E-state index contributed by atoms with van der Waals surface area (Å²) in [5, 5.41) is 2.73. The molecule has 0 heterocycles. The Balaban J connectivity index is 1.97. The molecule has 0 saturated carbocycles. The molecular formula is C16H17FN2O2. The molecule has 4 nitrogen and oxygen atoms in total. The summed E-state index contributed by atoms with van der Waals surface area (Å²) >= 11 is 0. The molecule has 3 N–H and O–H groups in total. The number of anilines is 2. The van der Waals surface area contributed by atoms with Crippen LogP contribution in [0, 0.1) is 19.7 Å². The summed E-state index contributed by atoms with van der Waals surface area (Å²) in [7, 11) is 0. The third-order valence-electron chi connectivity index (χ3n) is 3.15. The van der Waals surface area contributed by atoms with E-state index in [1.54, 1.807) is 25.1 Å². The van der Waals surface area contributed by atoms with Gasteiger partial charge in [0, 0.05) is 11.4 Å². The van der Waals surface area contributed by atoms with Crippen LogP contribution in [0.15, 0.2) is 36.4 Å². The van der Waals surface area contributed by atoms with Gasteiger partial charge in [0.1, 0.15) is 11.6 Å². The van der Waals surface area contributed by atoms with Crippen molar-refractivity contribution in [2.45, 2.75) is 13.8 Å². The Bertz CT molecular complexity index is 671. The van der Waals surface area contributed by atoms with Gasteiger partial charge in [-0.05, 0) is 55.3 Å². The van der Waals surface area contributed by atoms with E-state index in [0.717, 1.165) is 5.56 Å². The highest BCUT2D eigenvalue weighted by molar-refractivity contribution is 5.93. The average Bonchev–Trinajstić information content (AvgIpc) is 2.43. The monoisotopic (exact) mass is 288 g/mol. The van der Waals surface area contributed by atoms with Crippen LogP contribution >= 0.6 is 0 Å². The Morgan fingerprint density at radius 3 is 2.76 bits per heavy atom. The highest BCUT2D eigenvalue weighted by atomic mass is 19.1. The molecule has 5 heteroatoms. The molecule has 0 bridgehead atoms. The van der Waals surface area contributed by atoms with Gasteiger partial charge in [0.25, 0.3) is 5.91 Å². The Labute approximate surface area is 122 Å². The Kier molecular flexibility index (Phi) is 4.42. The number of carbonyl (C=O) groups excluding carboxylic acids is 1. The molecule has 0 spiro atoms. The number of hydrogen-bond donors (Lipinski definition) is 2. The molecule has 2 rings (SSSR count). The van der Waals surface area contributed by atoms with E-state index in [1.165, 1.54) is 18.2 Å². The summed E-state index contributed by atoms with van der Waals surface area (Å²) in [5.41, 5.74) is 8.49. The number of benzene rings is 2. The van der Waals surface area contributed by atoms with Crippen molar-refractivity contribution in [1.29, 1.82) is 0 Å². The minimum atomic E-state index is -0.334. The number of nitrogen functional groups attached to an aromatic ring is 1. The van der Waals surface area contributed by atoms with Crippen LogP contribution in [0.2, 0.25) is 0 Å². The van der Waals surface area contributed by atoms with Gasteiger partial charge in [0.2, 0.25) is 0 Å². The maximum absolute atomic E-state index is 13.0. The number of nitrogens with one attached hydrogen (secondary N) is 1. The maximum Gasteiger partial charge on any atom is 0.262 e. The van der Waals surface area contributed by atoms with Crippen LogP contribution in [0.3, 0.4) is 0 Å². The van der Waals surface area contributed by atoms with E-state index in [9.17, 15) is 9.18 Å². The van der Waals surface area contributed by atoms with Crippen molar-refractivity contribution in [3.8, 4) is 5.75 Å². The highest BCUT2D eigenvalue weighted by Crippen LogP contribution is 2.21. The molecule has 2 aromatic carbocycles. The number of nitrogens with two attached hydrogens (primary N) is 1. The zero-order valence-electron chi connectivity index (χ0n) is 11.9. The van der Waals surface area contributed by atoms with Gasteiger partial charge < -0.3 is 15.8 Å². The molecule has 0 saturated heterocycles. The first-order valence-corrected chi connectivity index (χ1v) is 6.51. The van der Waals surface area contributed by atoms with Crippen LogP contribution in [0.5, 0.6) is 5.75 Å². The predicted molar refractivity (Wildman–Crippen MR) is 80.9 cm³/mol. The Hall–Kier alpha value is -2.56. The summed E-state index contributed by atoms with van der Waals surface area (Å²) in [4.78, 5) is 11.9. The van der Waals surface area contributed by atoms with Crippen molar-refractivity contribution in [2.24, 2.45) is 0 Å². The van der Waals surface area contributed by atoms with Gasteiger partial charge in [-0.3, -0.25) is 4.79 Å². The lowest BCUT2D eigenvalue weighted by molar-refractivity contribution is -0.118. The molecule has 0 aliphatic rings. The van der Waals surface area contributed by atoms with E-state index in [1.807, 2.05) is 6.92 Å². The molecule has 0 fully saturated rings. The van der Waals surface area contributed by atoms with Crippen LogP contribution in [-0.4, -0.2) is 12.5 Å². The molecule has 1 amide bonds. The van der Waals surface area contributed by atoms with Gasteiger partial charge in [0.15, 0.2) is 6.61 Å². The highest BCUT2D eigenvalue weighted by Gasteiger charge is 2.08. The van der Waals surface area contributed by atoms with Crippen LogP contribution in [-0.2, 0) is 4.79 Å². The molecule has 0 aliphatic heterocycles. The van der Waals surface area contributed by atoms with Crippen molar-refractivity contribution >= 4 is 17.3 Å². The van der Waals surface area contributed by atoms with Gasteiger partial charge in [0.05, 0.1) is 0 Å². The van der Waals surface area contributed by atoms with Crippen LogP contribution in [0.4, 0.5) is 15.8 Å². The van der Waals surface area contributed by atoms with E-state index in [0.29, 0.717) is 22.7 Å². The van der Waals surface area contributed by atoms with Gasteiger partial charge >= 0.3 is 0 Å². The molecule has 0 aromatic heterocycles. The van der Waals surface area contributed by atoms with Crippen molar-refractivity contribution in [1.82, 2.24) is 0 Å². The first-order valence-electron chi connectivity index (χ1n) is 6.51. The number of amides is 1. The second-order valence-corrected chi connectivity index (χ2v) is 4.77. The van der Waals surface area contributed by atoms with Crippen molar-refractivity contribution in [3.05, 3.63) is 53.3 Å². The Morgan fingerprint density at radius 2 is 2.05 bits per heavy atom. The molecule has 0 unspecified atom stereocenters. The normalized spacial score (nSPS) is 10.2. The van der Waals surface area contributed by atoms with Crippen LogP contribution in [0.25, 0.3) is 0 Å². The summed E-state index contributed by atoms with van der Waals surface area (Å²) < 4.78 is 18.4. The summed E-state index contributed by atoms with van der Waals surface area (Å²) in [6.07, 6.45) is 0. The number of carbonyl (C=O) groups is 1. The van der Waals surface area contributed by atoms with Gasteiger partial charge in [-0.25, -0.2) is 4.39 Å². The lowest BCUT2D eigenvalue weighted by Gasteiger charge is -2.12. The van der Waals surface area contributed by atoms with Crippen molar-refractivity contribution < 1.29 is 13.9 Å². The van der Waals surface area contributed by atoms with E-state index >= 15 is 0 Å². The lowest BCUT2D eigenvalue weighted by atomic mass is 10.1. The summed E-state index contributed by atoms with van der Waals surface area (Å²) in [6, 6.07) is 9.46. The number of rotatable bonds is 4. The largest absolute Gasteiger partial charge is 0.483 e. The first-order chi connectivity index (χ1) is 9.97. The molecule has 110 valence electrons. The quantitative estimate of drug-likeness (QED) is 0.850. The van der Waals surface area contributed by atoms with Gasteiger partial charge in [-0.2, -0.15) is 0 Å². The average molecular weight is 288 g/mol. The van der Waals surface area contributed by atoms with Crippen molar-refractivity contribution in [3.63, 3.8) is 0 Å². The summed E-state index contributed by atoms with van der Waals surface area (Å²) in [5.74, 6) is -0.150. The second kappa shape index (κ2) is 6.26. The zero-order valence-corrected chi connectivity index (χ0v) is 11.9. The SMILES string of the molecule is Cc1cc(F)ccc1OCC(=O)Nc1cccc(N)c1C. The van der Waals surface area contributed by atoms with Crippen LogP contribution < -0.4 is 15.8 Å². The maximum atomic E-state index is 13.0. The molecule has 0 aliphatic carbocycles. The number of hydrogen-bond acceptors (Lipinski definition) is 3. The fourth-order valence-electron chi connectivity index (χ4n) is 1.89. The minimum absolute atomic E-state index is 0.152. The van der Waals surface area contributed by atoms with Crippen LogP contribution in [0.1, 0.15) is 11.1 Å². The van der Waals surface area contributed by atoms with Gasteiger partial charge in [-0.15, -0.1) is 0 Å². The van der Waals surface area contributed by atoms with Gasteiger partial charge in [-0.1, -0.05) is 6.07 Å². The molecule has 2 aromatic rings. The Morgan fingerprint density at radius 1 is 1.29 bits per heavy atom. The van der Waals surface area contributed by atoms with E-state index < -0.39 is 0 Å². The molecule has 0 radical (unpaired) electrons. The molecule has 0 atom stereocenters. The van der Waals surface area contributed by atoms with Crippen molar-refractivity contribution in [2.75, 3.05) is 17.7 Å². The third-order valence-corrected chi connectivity index (χ3v) is 3.15. The lowest BCUT2D eigenvalue weighted by Crippen LogP contribution is -2.21. The standard InChI is InChI=1S/C16H17FN2O2/c1-10-8-12(17)6-7-15(10)21-9-16(20)19-14-5-3-4-13(18)11(14)2/h3-8H,9,18H2,1-2H3,(H,19,20). The van der Waals surface area contributed by atoms with E-state index in [2.05, 4.69) is 5.32 Å². The minimum Gasteiger partial charge on any atom is -0.483 e. The fourth-order valence-corrected chi connectivity index (χ4v) is 1.89. The summed E-state index contributed by atoms with van der Waals surface area (Å²) in [6.45, 7) is 3.40. The topological polar surface area (TPSA) is 64.3 Å². The smallest absolute Gasteiger partial charge is 0.262 e. The zero-order chi connectivity index (χ0) is 15.4. The predicted octanol–water partition coefficient (Wildman–Crippen LogP) is 3.04. The number of halogens is 1. The number of ether oxygens (including phenoxy) is 1. The van der Waals surface area contributed by atoms with E-state index in [4.69, 9.17) is 10.5 Å². The first kappa shape index (κ1) is 14.8. The second-order valence-electron chi connectivity index (χ2n) is 4.77. The number of aryl methyl sites for hydroxylation is 1.